The Labute approximate surface area is 349 Å². The van der Waals surface area contributed by atoms with Crippen LogP contribution in [0, 0.1) is 22.7 Å². The first kappa shape index (κ1) is 38.1. The molecule has 0 atom stereocenters. The molecule has 0 saturated carbocycles. The highest BCUT2D eigenvalue weighted by atomic mass is 19.4. The summed E-state index contributed by atoms with van der Waals surface area (Å²) in [5.41, 5.74) is 4.32. The zero-order valence-corrected chi connectivity index (χ0v) is 32.1. The molecule has 0 fully saturated rings. The first-order chi connectivity index (χ1) is 29.9. The van der Waals surface area contributed by atoms with Gasteiger partial charge in [0.25, 0.3) is 0 Å². The summed E-state index contributed by atoms with van der Waals surface area (Å²) in [4.78, 5) is 5.21. The minimum atomic E-state index is -5.06. The van der Waals surface area contributed by atoms with E-state index in [2.05, 4.69) is 12.1 Å². The third kappa shape index (κ3) is 6.48. The standard InChI is InChI=1S/C51H27F6N5/c52-50(53,54)38-21-36(22-39(27-38)51(55,56)57)37-25-48(61-44-7-3-1-5-40(44)42-23-34(17-19-46(42)61)32-13-9-30(28-58)10-14-32)60-49(26-37)62-45-8-4-2-6-41(45)43-24-35(18-20-47(43)62)33-15-11-31(29-59)12-16-33/h1-27H. The molecule has 10 rings (SSSR count). The van der Waals surface area contributed by atoms with Crippen LogP contribution in [0.25, 0.3) is 88.6 Å². The lowest BCUT2D eigenvalue weighted by atomic mass is 9.99. The number of alkyl halides is 6. The lowest BCUT2D eigenvalue weighted by molar-refractivity contribution is -0.143. The van der Waals surface area contributed by atoms with Gasteiger partial charge in [-0.05, 0) is 124 Å². The van der Waals surface area contributed by atoms with Crippen molar-refractivity contribution in [1.82, 2.24) is 14.1 Å². The van der Waals surface area contributed by atoms with Crippen LogP contribution >= 0.6 is 0 Å². The van der Waals surface area contributed by atoms with E-state index in [0.717, 1.165) is 55.9 Å². The lowest BCUT2D eigenvalue weighted by Gasteiger charge is -2.17. The molecule has 11 heteroatoms. The molecule has 0 aliphatic carbocycles. The number of benzene rings is 7. The summed E-state index contributed by atoms with van der Waals surface area (Å²) in [5.74, 6) is 0.529. The summed E-state index contributed by atoms with van der Waals surface area (Å²) in [6, 6.07) is 50.2. The number of halogens is 6. The molecule has 298 valence electrons. The van der Waals surface area contributed by atoms with Crippen LogP contribution in [0.5, 0.6) is 0 Å². The fourth-order valence-electron chi connectivity index (χ4n) is 8.29. The van der Waals surface area contributed by atoms with Crippen molar-refractivity contribution in [2.24, 2.45) is 0 Å². The first-order valence-corrected chi connectivity index (χ1v) is 19.3. The van der Waals surface area contributed by atoms with E-state index in [1.807, 2.05) is 118 Å². The quantitative estimate of drug-likeness (QED) is 0.162. The Bertz CT molecular complexity index is 3280. The minimum absolute atomic E-state index is 0.0851. The van der Waals surface area contributed by atoms with Crippen LogP contribution < -0.4 is 0 Å². The van der Waals surface area contributed by atoms with Crippen LogP contribution in [-0.2, 0) is 12.4 Å². The highest BCUT2D eigenvalue weighted by Gasteiger charge is 2.37. The van der Waals surface area contributed by atoms with Crippen molar-refractivity contribution in [2.75, 3.05) is 0 Å². The van der Waals surface area contributed by atoms with Crippen LogP contribution in [0.1, 0.15) is 22.3 Å². The van der Waals surface area contributed by atoms with Gasteiger partial charge in [0.2, 0.25) is 0 Å². The molecule has 0 spiro atoms. The van der Waals surface area contributed by atoms with E-state index in [0.29, 0.717) is 33.2 Å². The number of fused-ring (bicyclic) bond motifs is 6. The Morgan fingerprint density at radius 3 is 1.15 bits per heavy atom. The number of para-hydroxylation sites is 2. The van der Waals surface area contributed by atoms with Gasteiger partial charge in [0.1, 0.15) is 11.6 Å². The zero-order valence-electron chi connectivity index (χ0n) is 32.1. The molecule has 0 aliphatic heterocycles. The maximum atomic E-state index is 14.3. The Morgan fingerprint density at radius 1 is 0.371 bits per heavy atom. The fourth-order valence-corrected chi connectivity index (χ4v) is 8.29. The molecular formula is C51H27F6N5. The average Bonchev–Trinajstić information content (AvgIpc) is 3.80. The van der Waals surface area contributed by atoms with Crippen molar-refractivity contribution in [3.8, 4) is 57.2 Å². The van der Waals surface area contributed by atoms with Crippen LogP contribution in [0.2, 0.25) is 0 Å². The molecule has 3 heterocycles. The van der Waals surface area contributed by atoms with Crippen LogP contribution in [-0.4, -0.2) is 14.1 Å². The molecule has 62 heavy (non-hydrogen) atoms. The van der Waals surface area contributed by atoms with Crippen molar-refractivity contribution >= 4 is 43.6 Å². The fraction of sp³-hybridized carbons (Fsp3) is 0.0392. The highest BCUT2D eigenvalue weighted by Crippen LogP contribution is 2.42. The lowest BCUT2D eigenvalue weighted by Crippen LogP contribution is -2.11. The molecular weight excluding hydrogens is 797 g/mol. The Hall–Kier alpha value is -8.15. The number of pyridine rings is 1. The third-order valence-electron chi connectivity index (χ3n) is 11.2. The Kier molecular flexibility index (Phi) is 8.75. The summed E-state index contributed by atoms with van der Waals surface area (Å²) in [6.45, 7) is 0. The van der Waals surface area contributed by atoms with E-state index in [1.165, 1.54) is 12.1 Å². The van der Waals surface area contributed by atoms with Crippen LogP contribution in [0.3, 0.4) is 0 Å². The largest absolute Gasteiger partial charge is 0.416 e. The summed E-state index contributed by atoms with van der Waals surface area (Å²) >= 11 is 0. The number of nitriles is 2. The normalized spacial score (nSPS) is 12.0. The highest BCUT2D eigenvalue weighted by molar-refractivity contribution is 6.12. The predicted octanol–water partition coefficient (Wildman–Crippen LogP) is 14.1. The Morgan fingerprint density at radius 2 is 0.742 bits per heavy atom. The van der Waals surface area contributed by atoms with Gasteiger partial charge in [-0.25, -0.2) is 4.98 Å². The van der Waals surface area contributed by atoms with Gasteiger partial charge in [-0.15, -0.1) is 0 Å². The minimum Gasteiger partial charge on any atom is -0.294 e. The SMILES string of the molecule is N#Cc1ccc(-c2ccc3c(c2)c2ccccc2n3-c2cc(-c3cc(C(F)(F)F)cc(C(F)(F)F)c3)cc(-n3c4ccccc4c4cc(-c5ccc(C#N)cc5)ccc43)n2)cc1. The topological polar surface area (TPSA) is 70.3 Å². The summed E-state index contributed by atoms with van der Waals surface area (Å²) in [6.07, 6.45) is -10.1. The van der Waals surface area contributed by atoms with Gasteiger partial charge in [0.05, 0.1) is 56.5 Å². The van der Waals surface area contributed by atoms with Crippen molar-refractivity contribution < 1.29 is 26.3 Å². The van der Waals surface area contributed by atoms with Crippen molar-refractivity contribution in [1.29, 1.82) is 10.5 Å². The molecule has 0 radical (unpaired) electrons. The van der Waals surface area contributed by atoms with E-state index in [-0.39, 0.29) is 28.8 Å². The maximum absolute atomic E-state index is 14.3. The van der Waals surface area contributed by atoms with Gasteiger partial charge >= 0.3 is 12.4 Å². The van der Waals surface area contributed by atoms with Crippen molar-refractivity contribution in [3.63, 3.8) is 0 Å². The monoisotopic (exact) mass is 823 g/mol. The van der Waals surface area contributed by atoms with Gasteiger partial charge in [-0.1, -0.05) is 72.8 Å². The average molecular weight is 824 g/mol. The van der Waals surface area contributed by atoms with Gasteiger partial charge in [0, 0.05) is 21.5 Å². The molecule has 0 N–H and O–H groups in total. The number of hydrogen-bond donors (Lipinski definition) is 0. The van der Waals surface area contributed by atoms with Gasteiger partial charge in [-0.2, -0.15) is 36.9 Å². The van der Waals surface area contributed by atoms with Gasteiger partial charge in [-0.3, -0.25) is 9.13 Å². The second-order valence-corrected chi connectivity index (χ2v) is 14.9. The molecule has 0 unspecified atom stereocenters. The van der Waals surface area contributed by atoms with Gasteiger partial charge in [0.15, 0.2) is 0 Å². The molecule has 3 aromatic heterocycles. The second-order valence-electron chi connectivity index (χ2n) is 14.9. The molecule has 10 aromatic rings. The smallest absolute Gasteiger partial charge is 0.294 e. The van der Waals surface area contributed by atoms with Crippen LogP contribution in [0.15, 0.2) is 164 Å². The van der Waals surface area contributed by atoms with E-state index in [4.69, 9.17) is 4.98 Å². The Balaban J connectivity index is 1.26. The molecule has 0 amide bonds. The molecule has 0 saturated heterocycles. The van der Waals surface area contributed by atoms with E-state index >= 15 is 0 Å². The third-order valence-corrected chi connectivity index (χ3v) is 11.2. The molecule has 0 aliphatic rings. The summed E-state index contributed by atoms with van der Waals surface area (Å²) in [5, 5.41) is 22.0. The van der Waals surface area contributed by atoms with Gasteiger partial charge < -0.3 is 0 Å². The maximum Gasteiger partial charge on any atom is 0.416 e. The zero-order chi connectivity index (χ0) is 42.9. The van der Waals surface area contributed by atoms with Crippen molar-refractivity contribution in [3.05, 3.63) is 186 Å². The van der Waals surface area contributed by atoms with E-state index in [1.54, 1.807) is 24.3 Å². The number of hydrogen-bond acceptors (Lipinski definition) is 3. The molecule has 5 nitrogen and oxygen atoms in total. The van der Waals surface area contributed by atoms with Crippen LogP contribution in [0.4, 0.5) is 26.3 Å². The first-order valence-electron chi connectivity index (χ1n) is 19.3. The second kappa shape index (κ2) is 14.3. The van der Waals surface area contributed by atoms with Crippen molar-refractivity contribution in [2.45, 2.75) is 12.4 Å². The molecule has 7 aromatic carbocycles. The number of aromatic nitrogens is 3. The summed E-state index contributed by atoms with van der Waals surface area (Å²) < 4.78 is 89.7. The number of nitrogens with zero attached hydrogens (tertiary/aromatic N) is 5. The van der Waals surface area contributed by atoms with E-state index in [9.17, 15) is 36.9 Å². The summed E-state index contributed by atoms with van der Waals surface area (Å²) in [7, 11) is 0. The van der Waals surface area contributed by atoms with E-state index < -0.39 is 23.5 Å². The molecule has 0 bridgehead atoms. The predicted molar refractivity (Wildman–Crippen MR) is 229 cm³/mol. The number of rotatable bonds is 5.